The molecule has 1 saturated heterocycles. The lowest BCUT2D eigenvalue weighted by Gasteiger charge is -2.37. The van der Waals surface area contributed by atoms with E-state index in [1.54, 1.807) is 0 Å². The molecule has 6 heteroatoms. The van der Waals surface area contributed by atoms with Gasteiger partial charge in [0.15, 0.2) is 0 Å². The number of hydrogen-bond donors (Lipinski definition) is 1. The maximum atomic E-state index is 12.5. The average molecular weight is 333 g/mol. The lowest BCUT2D eigenvalue weighted by Crippen LogP contribution is -2.51. The third-order valence-electron chi connectivity index (χ3n) is 4.46. The zero-order chi connectivity index (χ0) is 16.4. The second-order valence-corrected chi connectivity index (χ2v) is 7.55. The van der Waals surface area contributed by atoms with Gasteiger partial charge in [0.05, 0.1) is 10.9 Å². The van der Waals surface area contributed by atoms with Crippen molar-refractivity contribution in [2.45, 2.75) is 36.5 Å². The highest BCUT2D eigenvalue weighted by atomic mass is 32.2. The molecule has 2 heterocycles. The molecule has 0 spiro atoms. The molecule has 0 saturated carbocycles. The number of para-hydroxylation sites is 1. The van der Waals surface area contributed by atoms with Crippen LogP contribution >= 0.6 is 11.8 Å². The van der Waals surface area contributed by atoms with E-state index in [2.05, 4.69) is 24.1 Å². The Balaban J connectivity index is 1.58. The van der Waals surface area contributed by atoms with Crippen molar-refractivity contribution < 1.29 is 9.59 Å². The van der Waals surface area contributed by atoms with E-state index < -0.39 is 0 Å². The van der Waals surface area contributed by atoms with E-state index in [0.29, 0.717) is 6.04 Å². The van der Waals surface area contributed by atoms with Gasteiger partial charge in [0.2, 0.25) is 11.8 Å². The van der Waals surface area contributed by atoms with E-state index >= 15 is 0 Å². The Hall–Kier alpha value is -1.53. The number of thioether (sulfide) groups is 1. The minimum atomic E-state index is -0.333. The quantitative estimate of drug-likeness (QED) is 0.920. The topological polar surface area (TPSA) is 52.6 Å². The summed E-state index contributed by atoms with van der Waals surface area (Å²) in [6.07, 6.45) is 0.270. The van der Waals surface area contributed by atoms with Crippen LogP contribution in [0.25, 0.3) is 0 Å². The van der Waals surface area contributed by atoms with Crippen molar-refractivity contribution in [3.8, 4) is 0 Å². The molecule has 1 aromatic rings. The number of nitrogens with zero attached hydrogens (tertiary/aromatic N) is 2. The molecule has 1 N–H and O–H groups in total. The summed E-state index contributed by atoms with van der Waals surface area (Å²) < 4.78 is 0. The van der Waals surface area contributed by atoms with Gasteiger partial charge >= 0.3 is 0 Å². The van der Waals surface area contributed by atoms with Crippen molar-refractivity contribution in [3.63, 3.8) is 0 Å². The number of anilines is 1. The first-order chi connectivity index (χ1) is 11.0. The van der Waals surface area contributed by atoms with Crippen LogP contribution < -0.4 is 5.32 Å². The first-order valence-corrected chi connectivity index (χ1v) is 9.01. The first-order valence-electron chi connectivity index (χ1n) is 8.13. The minimum absolute atomic E-state index is 0.0668. The van der Waals surface area contributed by atoms with Crippen LogP contribution in [0.4, 0.5) is 5.69 Å². The van der Waals surface area contributed by atoms with Crippen LogP contribution in [0, 0.1) is 0 Å². The van der Waals surface area contributed by atoms with E-state index in [1.165, 1.54) is 11.8 Å². The second kappa shape index (κ2) is 6.93. The third kappa shape index (κ3) is 3.70. The molecule has 0 radical (unpaired) electrons. The van der Waals surface area contributed by atoms with E-state index in [0.717, 1.165) is 36.8 Å². The standard InChI is InChI=1S/C17H23N3O2S/c1-12(2)19-7-9-20(10-8-19)16(21)11-15-17(22)18-13-5-3-4-6-14(13)23-15/h3-6,12,15H,7-11H2,1-2H3,(H,18,22)/t15-/m0/s1. The Morgan fingerprint density at radius 2 is 1.96 bits per heavy atom. The van der Waals surface area contributed by atoms with Gasteiger partial charge in [0.1, 0.15) is 0 Å². The molecule has 124 valence electrons. The normalized spacial score (nSPS) is 22.0. The van der Waals surface area contributed by atoms with Crippen LogP contribution in [0.3, 0.4) is 0 Å². The fraction of sp³-hybridized carbons (Fsp3) is 0.529. The van der Waals surface area contributed by atoms with Gasteiger partial charge in [0, 0.05) is 43.5 Å². The summed E-state index contributed by atoms with van der Waals surface area (Å²) in [5, 5.41) is 2.57. The van der Waals surface area contributed by atoms with Crippen molar-refractivity contribution in [1.82, 2.24) is 9.80 Å². The van der Waals surface area contributed by atoms with E-state index in [-0.39, 0.29) is 23.5 Å². The van der Waals surface area contributed by atoms with Crippen LogP contribution in [0.2, 0.25) is 0 Å². The molecule has 5 nitrogen and oxygen atoms in total. The summed E-state index contributed by atoms with van der Waals surface area (Å²) in [6, 6.07) is 8.25. The van der Waals surface area contributed by atoms with Crippen LogP contribution in [-0.2, 0) is 9.59 Å². The molecular formula is C17H23N3O2S. The summed E-state index contributed by atoms with van der Waals surface area (Å²) in [5.74, 6) is 0.0169. The van der Waals surface area contributed by atoms with Crippen LogP contribution in [0.5, 0.6) is 0 Å². The molecule has 0 aliphatic carbocycles. The zero-order valence-electron chi connectivity index (χ0n) is 13.6. The van der Waals surface area contributed by atoms with Gasteiger partial charge in [-0.3, -0.25) is 14.5 Å². The number of amides is 2. The van der Waals surface area contributed by atoms with Gasteiger partial charge in [0.25, 0.3) is 0 Å². The number of nitrogens with one attached hydrogen (secondary N) is 1. The first kappa shape index (κ1) is 16.3. The van der Waals surface area contributed by atoms with E-state index in [1.807, 2.05) is 29.2 Å². The Bertz CT molecular complexity index is 597. The molecule has 1 aromatic carbocycles. The lowest BCUT2D eigenvalue weighted by atomic mass is 10.2. The highest BCUT2D eigenvalue weighted by Crippen LogP contribution is 2.36. The molecule has 0 unspecified atom stereocenters. The second-order valence-electron chi connectivity index (χ2n) is 6.31. The molecule has 2 amide bonds. The number of carbonyl (C=O) groups is 2. The molecule has 2 aliphatic rings. The number of benzene rings is 1. The van der Waals surface area contributed by atoms with Crippen LogP contribution in [0.15, 0.2) is 29.2 Å². The number of piperazine rings is 1. The summed E-state index contributed by atoms with van der Waals surface area (Å²) in [6.45, 7) is 7.70. The summed E-state index contributed by atoms with van der Waals surface area (Å²) >= 11 is 1.49. The fourth-order valence-electron chi connectivity index (χ4n) is 3.00. The van der Waals surface area contributed by atoms with Crippen molar-refractivity contribution in [1.29, 1.82) is 0 Å². The molecule has 23 heavy (non-hydrogen) atoms. The van der Waals surface area contributed by atoms with E-state index in [9.17, 15) is 9.59 Å². The van der Waals surface area contributed by atoms with Gasteiger partial charge < -0.3 is 10.2 Å². The van der Waals surface area contributed by atoms with Gasteiger partial charge in [-0.2, -0.15) is 0 Å². The van der Waals surface area contributed by atoms with Crippen LogP contribution in [0.1, 0.15) is 20.3 Å². The maximum absolute atomic E-state index is 12.5. The fourth-order valence-corrected chi connectivity index (χ4v) is 4.10. The number of carbonyl (C=O) groups excluding carboxylic acids is 2. The Morgan fingerprint density at radius 1 is 1.26 bits per heavy atom. The van der Waals surface area contributed by atoms with Gasteiger partial charge in [-0.25, -0.2) is 0 Å². The van der Waals surface area contributed by atoms with Gasteiger partial charge in [-0.1, -0.05) is 12.1 Å². The number of fused-ring (bicyclic) bond motifs is 1. The van der Waals surface area contributed by atoms with Crippen LogP contribution in [-0.4, -0.2) is 59.1 Å². The lowest BCUT2D eigenvalue weighted by molar-refractivity contribution is -0.134. The predicted molar refractivity (Wildman–Crippen MR) is 92.6 cm³/mol. The zero-order valence-corrected chi connectivity index (χ0v) is 14.4. The SMILES string of the molecule is CC(C)N1CCN(C(=O)C[C@@H]2Sc3ccccc3NC2=O)CC1. The highest BCUT2D eigenvalue weighted by Gasteiger charge is 2.31. The molecule has 1 atom stereocenters. The number of hydrogen-bond acceptors (Lipinski definition) is 4. The average Bonchev–Trinajstić information content (AvgIpc) is 2.55. The largest absolute Gasteiger partial charge is 0.340 e. The van der Waals surface area contributed by atoms with Crippen molar-refractivity contribution in [3.05, 3.63) is 24.3 Å². The summed E-state index contributed by atoms with van der Waals surface area (Å²) in [4.78, 5) is 30.0. The Morgan fingerprint density at radius 3 is 2.65 bits per heavy atom. The maximum Gasteiger partial charge on any atom is 0.238 e. The summed E-state index contributed by atoms with van der Waals surface area (Å²) in [5.41, 5.74) is 0.844. The smallest absolute Gasteiger partial charge is 0.238 e. The molecule has 2 aliphatic heterocycles. The molecule has 0 aromatic heterocycles. The van der Waals surface area contributed by atoms with Crippen molar-refractivity contribution in [2.75, 3.05) is 31.5 Å². The van der Waals surface area contributed by atoms with Crippen molar-refractivity contribution >= 4 is 29.3 Å². The third-order valence-corrected chi connectivity index (χ3v) is 5.74. The molecular weight excluding hydrogens is 310 g/mol. The number of rotatable bonds is 3. The van der Waals surface area contributed by atoms with Crippen molar-refractivity contribution in [2.24, 2.45) is 0 Å². The monoisotopic (exact) mass is 333 g/mol. The van der Waals surface area contributed by atoms with Gasteiger partial charge in [-0.05, 0) is 26.0 Å². The summed E-state index contributed by atoms with van der Waals surface area (Å²) in [7, 11) is 0. The van der Waals surface area contributed by atoms with E-state index in [4.69, 9.17) is 0 Å². The molecule has 3 rings (SSSR count). The molecule has 0 bridgehead atoms. The predicted octanol–water partition coefficient (Wildman–Crippen LogP) is 2.04. The Kier molecular flexibility index (Phi) is 4.92. The Labute approximate surface area is 141 Å². The minimum Gasteiger partial charge on any atom is -0.340 e. The highest BCUT2D eigenvalue weighted by molar-refractivity contribution is 8.01. The molecule has 1 fully saturated rings. The van der Waals surface area contributed by atoms with Gasteiger partial charge in [-0.15, -0.1) is 11.8 Å².